The summed E-state index contributed by atoms with van der Waals surface area (Å²) in [5, 5.41) is 0.514. The molecule has 1 rings (SSSR count). The second kappa shape index (κ2) is 3.74. The molecule has 12 heavy (non-hydrogen) atoms. The maximum Gasteiger partial charge on any atom is 0.143 e. The first kappa shape index (κ1) is 9.29. The van der Waals surface area contributed by atoms with Crippen LogP contribution in [-0.2, 0) is 6.54 Å². The molecule has 0 fully saturated rings. The van der Waals surface area contributed by atoms with E-state index in [0.29, 0.717) is 23.0 Å². The Morgan fingerprint density at radius 1 is 1.67 bits per heavy atom. The Balaban J connectivity index is 3.24. The van der Waals surface area contributed by atoms with Gasteiger partial charge in [0.15, 0.2) is 0 Å². The SMILES string of the molecule is COc1c(C)cnc(CN)c1Cl. The number of nitrogens with zero attached hydrogens (tertiary/aromatic N) is 1. The summed E-state index contributed by atoms with van der Waals surface area (Å²) >= 11 is 5.95. The second-order valence-corrected chi connectivity index (χ2v) is 2.82. The van der Waals surface area contributed by atoms with Crippen molar-refractivity contribution in [1.82, 2.24) is 4.98 Å². The third-order valence-corrected chi connectivity index (χ3v) is 2.01. The molecular weight excluding hydrogens is 176 g/mol. The van der Waals surface area contributed by atoms with Gasteiger partial charge in [0, 0.05) is 18.3 Å². The summed E-state index contributed by atoms with van der Waals surface area (Å²) in [6.07, 6.45) is 1.70. The molecule has 0 aliphatic carbocycles. The fraction of sp³-hybridized carbons (Fsp3) is 0.375. The first-order valence-electron chi connectivity index (χ1n) is 3.58. The number of halogens is 1. The highest BCUT2D eigenvalue weighted by molar-refractivity contribution is 6.32. The summed E-state index contributed by atoms with van der Waals surface area (Å²) in [5.74, 6) is 0.659. The van der Waals surface area contributed by atoms with Crippen molar-refractivity contribution >= 4 is 11.6 Å². The van der Waals surface area contributed by atoms with Crippen LogP contribution in [-0.4, -0.2) is 12.1 Å². The fourth-order valence-electron chi connectivity index (χ4n) is 0.987. The summed E-state index contributed by atoms with van der Waals surface area (Å²) in [6, 6.07) is 0. The number of rotatable bonds is 2. The average molecular weight is 187 g/mol. The van der Waals surface area contributed by atoms with Crippen LogP contribution in [0.15, 0.2) is 6.20 Å². The maximum absolute atomic E-state index is 5.95. The standard InChI is InChI=1S/C8H11ClN2O/c1-5-4-11-6(3-10)7(9)8(5)12-2/h4H,3,10H2,1-2H3. The number of hydrogen-bond donors (Lipinski definition) is 1. The molecule has 0 saturated heterocycles. The summed E-state index contributed by atoms with van der Waals surface area (Å²) in [7, 11) is 1.58. The van der Waals surface area contributed by atoms with Crippen molar-refractivity contribution in [3.05, 3.63) is 22.5 Å². The van der Waals surface area contributed by atoms with Crippen molar-refractivity contribution in [2.24, 2.45) is 5.73 Å². The van der Waals surface area contributed by atoms with Gasteiger partial charge in [-0.25, -0.2) is 0 Å². The molecule has 0 saturated carbocycles. The van der Waals surface area contributed by atoms with Gasteiger partial charge in [0.05, 0.1) is 12.8 Å². The average Bonchev–Trinajstić information content (AvgIpc) is 2.06. The lowest BCUT2D eigenvalue weighted by Gasteiger charge is -2.08. The van der Waals surface area contributed by atoms with Gasteiger partial charge in [0.1, 0.15) is 10.8 Å². The van der Waals surface area contributed by atoms with E-state index < -0.39 is 0 Å². The van der Waals surface area contributed by atoms with Gasteiger partial charge in [0.2, 0.25) is 0 Å². The molecule has 0 radical (unpaired) electrons. The Hall–Kier alpha value is -0.800. The molecule has 0 unspecified atom stereocenters. The van der Waals surface area contributed by atoms with Crippen molar-refractivity contribution in [1.29, 1.82) is 0 Å². The van der Waals surface area contributed by atoms with Gasteiger partial charge in [-0.05, 0) is 6.92 Å². The molecule has 1 aromatic heterocycles. The number of aromatic nitrogens is 1. The topological polar surface area (TPSA) is 48.1 Å². The second-order valence-electron chi connectivity index (χ2n) is 2.44. The Morgan fingerprint density at radius 2 is 2.33 bits per heavy atom. The third-order valence-electron chi connectivity index (χ3n) is 1.62. The number of aryl methyl sites for hydroxylation is 1. The first-order valence-corrected chi connectivity index (χ1v) is 3.96. The minimum absolute atomic E-state index is 0.329. The van der Waals surface area contributed by atoms with Crippen LogP contribution in [0.3, 0.4) is 0 Å². The van der Waals surface area contributed by atoms with E-state index in [1.807, 2.05) is 6.92 Å². The zero-order chi connectivity index (χ0) is 9.14. The van der Waals surface area contributed by atoms with Crippen LogP contribution in [0.4, 0.5) is 0 Å². The van der Waals surface area contributed by atoms with E-state index in [-0.39, 0.29) is 0 Å². The lowest BCUT2D eigenvalue weighted by Crippen LogP contribution is -2.02. The number of hydrogen-bond acceptors (Lipinski definition) is 3. The molecule has 0 aliphatic rings. The molecule has 2 N–H and O–H groups in total. The third kappa shape index (κ3) is 1.52. The van der Waals surface area contributed by atoms with Crippen molar-refractivity contribution in [2.75, 3.05) is 7.11 Å². The zero-order valence-electron chi connectivity index (χ0n) is 7.10. The van der Waals surface area contributed by atoms with Crippen LogP contribution in [0.25, 0.3) is 0 Å². The van der Waals surface area contributed by atoms with Gasteiger partial charge in [-0.2, -0.15) is 0 Å². The van der Waals surface area contributed by atoms with E-state index in [1.165, 1.54) is 0 Å². The van der Waals surface area contributed by atoms with Crippen molar-refractivity contribution in [2.45, 2.75) is 13.5 Å². The zero-order valence-corrected chi connectivity index (χ0v) is 7.85. The quantitative estimate of drug-likeness (QED) is 0.762. The Bertz CT molecular complexity index is 289. The molecule has 66 valence electrons. The molecule has 1 aromatic rings. The highest BCUT2D eigenvalue weighted by atomic mass is 35.5. The number of methoxy groups -OCH3 is 1. The van der Waals surface area contributed by atoms with Crippen LogP contribution < -0.4 is 10.5 Å². The summed E-state index contributed by atoms with van der Waals surface area (Å²) in [4.78, 5) is 4.07. The monoisotopic (exact) mass is 186 g/mol. The molecular formula is C8H11ClN2O. The van der Waals surface area contributed by atoms with Crippen LogP contribution in [0.5, 0.6) is 5.75 Å². The maximum atomic E-state index is 5.95. The summed E-state index contributed by atoms with van der Waals surface area (Å²) in [6.45, 7) is 2.22. The van der Waals surface area contributed by atoms with Crippen LogP contribution in [0.1, 0.15) is 11.3 Å². The minimum Gasteiger partial charge on any atom is -0.495 e. The van der Waals surface area contributed by atoms with Gasteiger partial charge in [0.25, 0.3) is 0 Å². The van der Waals surface area contributed by atoms with Gasteiger partial charge in [-0.3, -0.25) is 4.98 Å². The number of ether oxygens (including phenoxy) is 1. The predicted octanol–water partition coefficient (Wildman–Crippen LogP) is 1.51. The highest BCUT2D eigenvalue weighted by Crippen LogP contribution is 2.29. The molecule has 3 nitrogen and oxygen atoms in total. The molecule has 0 amide bonds. The molecule has 1 heterocycles. The van der Waals surface area contributed by atoms with E-state index in [0.717, 1.165) is 5.56 Å². The Morgan fingerprint density at radius 3 is 2.83 bits per heavy atom. The predicted molar refractivity (Wildman–Crippen MR) is 48.4 cm³/mol. The van der Waals surface area contributed by atoms with E-state index in [9.17, 15) is 0 Å². The highest BCUT2D eigenvalue weighted by Gasteiger charge is 2.09. The Kier molecular flexibility index (Phi) is 2.89. The van der Waals surface area contributed by atoms with Crippen molar-refractivity contribution in [3.63, 3.8) is 0 Å². The van der Waals surface area contributed by atoms with Gasteiger partial charge in [-0.1, -0.05) is 11.6 Å². The van der Waals surface area contributed by atoms with Crippen LogP contribution in [0, 0.1) is 6.92 Å². The summed E-state index contributed by atoms with van der Waals surface area (Å²) < 4.78 is 5.09. The molecule has 4 heteroatoms. The number of nitrogens with two attached hydrogens (primary N) is 1. The molecule has 0 spiro atoms. The normalized spacial score (nSPS) is 10.0. The molecule has 0 bridgehead atoms. The summed E-state index contributed by atoms with van der Waals surface area (Å²) in [5.41, 5.74) is 7.00. The van der Waals surface area contributed by atoms with Gasteiger partial charge < -0.3 is 10.5 Å². The lowest BCUT2D eigenvalue weighted by molar-refractivity contribution is 0.410. The van der Waals surface area contributed by atoms with Crippen molar-refractivity contribution < 1.29 is 4.74 Å². The smallest absolute Gasteiger partial charge is 0.143 e. The van der Waals surface area contributed by atoms with Crippen LogP contribution in [0.2, 0.25) is 5.02 Å². The lowest BCUT2D eigenvalue weighted by atomic mass is 10.2. The fourth-order valence-corrected chi connectivity index (χ4v) is 1.34. The molecule has 0 aliphatic heterocycles. The van der Waals surface area contributed by atoms with Gasteiger partial charge in [-0.15, -0.1) is 0 Å². The molecule has 0 atom stereocenters. The van der Waals surface area contributed by atoms with Gasteiger partial charge >= 0.3 is 0 Å². The van der Waals surface area contributed by atoms with Crippen molar-refractivity contribution in [3.8, 4) is 5.75 Å². The number of pyridine rings is 1. The van der Waals surface area contributed by atoms with E-state index in [4.69, 9.17) is 22.1 Å². The van der Waals surface area contributed by atoms with Crippen LogP contribution >= 0.6 is 11.6 Å². The van der Waals surface area contributed by atoms with E-state index in [1.54, 1.807) is 13.3 Å². The molecule has 0 aromatic carbocycles. The van der Waals surface area contributed by atoms with E-state index >= 15 is 0 Å². The minimum atomic E-state index is 0.329. The Labute approximate surface area is 76.5 Å². The first-order chi connectivity index (χ1) is 5.70. The largest absolute Gasteiger partial charge is 0.495 e. The van der Waals surface area contributed by atoms with E-state index in [2.05, 4.69) is 4.98 Å².